The van der Waals surface area contributed by atoms with E-state index in [0.29, 0.717) is 0 Å². The van der Waals surface area contributed by atoms with E-state index < -0.39 is 0 Å². The van der Waals surface area contributed by atoms with Crippen molar-refractivity contribution in [1.82, 2.24) is 0 Å². The van der Waals surface area contributed by atoms with Crippen molar-refractivity contribution in [3.05, 3.63) is 194 Å². The van der Waals surface area contributed by atoms with Gasteiger partial charge in [-0.2, -0.15) is 0 Å². The van der Waals surface area contributed by atoms with Gasteiger partial charge >= 0.3 is 0 Å². The van der Waals surface area contributed by atoms with Crippen LogP contribution in [0, 0.1) is 0 Å². The van der Waals surface area contributed by atoms with Gasteiger partial charge in [0.1, 0.15) is 0 Å². The first-order valence-electron chi connectivity index (χ1n) is 17.3. The fraction of sp³-hybridized carbons (Fsp3) is 0. The number of hydrogen-bond acceptors (Lipinski definition) is 0. The molecule has 10 aromatic carbocycles. The average Bonchev–Trinajstić information content (AvgIpc) is 3.19. The Hall–Kier alpha value is -6.50. The maximum absolute atomic E-state index is 2.43. The molecule has 0 aromatic heterocycles. The van der Waals surface area contributed by atoms with Crippen molar-refractivity contribution >= 4 is 53.9 Å². The van der Waals surface area contributed by atoms with Gasteiger partial charge in [-0.05, 0) is 111 Å². The Morgan fingerprint density at radius 2 is 0.600 bits per heavy atom. The summed E-state index contributed by atoms with van der Waals surface area (Å²) in [6, 6.07) is 71.4. The van der Waals surface area contributed by atoms with Crippen molar-refractivity contribution in [2.75, 3.05) is 0 Å². The molecule has 50 heavy (non-hydrogen) atoms. The molecule has 0 spiro atoms. The maximum atomic E-state index is 2.43. The molecule has 0 heteroatoms. The Kier molecular flexibility index (Phi) is 6.60. The van der Waals surface area contributed by atoms with E-state index in [2.05, 4.69) is 194 Å². The highest BCUT2D eigenvalue weighted by Gasteiger charge is 2.20. The van der Waals surface area contributed by atoms with Crippen molar-refractivity contribution in [2.24, 2.45) is 0 Å². The van der Waals surface area contributed by atoms with Gasteiger partial charge < -0.3 is 0 Å². The molecule has 0 heterocycles. The zero-order valence-corrected chi connectivity index (χ0v) is 27.5. The molecule has 0 unspecified atom stereocenters. The molecule has 0 N–H and O–H groups in total. The third kappa shape index (κ3) is 4.61. The Labute approximate surface area is 291 Å². The first-order valence-corrected chi connectivity index (χ1v) is 17.3. The van der Waals surface area contributed by atoms with E-state index in [-0.39, 0.29) is 0 Å². The van der Waals surface area contributed by atoms with E-state index >= 15 is 0 Å². The van der Waals surface area contributed by atoms with Gasteiger partial charge in [-0.3, -0.25) is 0 Å². The normalized spacial score (nSPS) is 11.6. The van der Waals surface area contributed by atoms with Crippen molar-refractivity contribution in [3.8, 4) is 44.5 Å². The lowest BCUT2D eigenvalue weighted by molar-refractivity contribution is 1.61. The van der Waals surface area contributed by atoms with E-state index in [1.165, 1.54) is 98.4 Å². The van der Waals surface area contributed by atoms with Gasteiger partial charge in [-0.1, -0.05) is 182 Å². The first-order chi connectivity index (χ1) is 24.8. The minimum atomic E-state index is 1.21. The third-order valence-electron chi connectivity index (χ3n) is 10.4. The topological polar surface area (TPSA) is 0 Å². The van der Waals surface area contributed by atoms with Gasteiger partial charge in [0.15, 0.2) is 0 Å². The second-order valence-electron chi connectivity index (χ2n) is 13.2. The molecule has 0 amide bonds. The molecule has 0 bridgehead atoms. The highest BCUT2D eigenvalue weighted by molar-refractivity contribution is 6.25. The molecule has 0 nitrogen and oxygen atoms in total. The van der Waals surface area contributed by atoms with Crippen molar-refractivity contribution < 1.29 is 0 Å². The molecule has 0 atom stereocenters. The summed E-state index contributed by atoms with van der Waals surface area (Å²) in [7, 11) is 0. The van der Waals surface area contributed by atoms with Gasteiger partial charge in [0.25, 0.3) is 0 Å². The molecule has 10 aromatic rings. The van der Waals surface area contributed by atoms with Crippen LogP contribution in [0.1, 0.15) is 0 Å². The molecule has 0 fully saturated rings. The second kappa shape index (κ2) is 11.6. The van der Waals surface area contributed by atoms with Crippen LogP contribution in [-0.4, -0.2) is 0 Å². The number of fused-ring (bicyclic) bond motifs is 5. The van der Waals surface area contributed by atoms with Crippen LogP contribution in [0.4, 0.5) is 0 Å². The Morgan fingerprint density at radius 1 is 0.200 bits per heavy atom. The molecule has 0 aliphatic carbocycles. The monoisotopic (exact) mass is 632 g/mol. The molecule has 0 radical (unpaired) electrons. The molecule has 0 saturated carbocycles. The number of rotatable bonds is 4. The lowest BCUT2D eigenvalue weighted by Gasteiger charge is -2.20. The van der Waals surface area contributed by atoms with Gasteiger partial charge in [0, 0.05) is 0 Å². The molecule has 10 rings (SSSR count). The van der Waals surface area contributed by atoms with Crippen LogP contribution in [0.5, 0.6) is 0 Å². The van der Waals surface area contributed by atoms with Gasteiger partial charge in [0.05, 0.1) is 0 Å². The van der Waals surface area contributed by atoms with E-state index in [1.54, 1.807) is 0 Å². The predicted octanol–water partition coefficient (Wildman–Crippen LogP) is 14.1. The fourth-order valence-electron chi connectivity index (χ4n) is 8.05. The minimum absolute atomic E-state index is 1.21. The van der Waals surface area contributed by atoms with E-state index in [1.807, 2.05) is 0 Å². The van der Waals surface area contributed by atoms with Crippen LogP contribution in [-0.2, 0) is 0 Å². The predicted molar refractivity (Wildman–Crippen MR) is 216 cm³/mol. The number of benzene rings is 10. The summed E-state index contributed by atoms with van der Waals surface area (Å²) in [5, 5.41) is 12.6. The van der Waals surface area contributed by atoms with E-state index in [0.717, 1.165) is 0 Å². The van der Waals surface area contributed by atoms with Gasteiger partial charge in [0.2, 0.25) is 0 Å². The summed E-state index contributed by atoms with van der Waals surface area (Å²) in [6.07, 6.45) is 0. The fourth-order valence-corrected chi connectivity index (χ4v) is 8.05. The summed E-state index contributed by atoms with van der Waals surface area (Å²) >= 11 is 0. The second-order valence-corrected chi connectivity index (χ2v) is 13.2. The zero-order chi connectivity index (χ0) is 33.0. The van der Waals surface area contributed by atoms with Crippen LogP contribution in [0.2, 0.25) is 0 Å². The van der Waals surface area contributed by atoms with Crippen LogP contribution >= 0.6 is 0 Å². The average molecular weight is 633 g/mol. The smallest absolute Gasteiger partial charge is 0.00199 e. The van der Waals surface area contributed by atoms with Crippen LogP contribution < -0.4 is 0 Å². The van der Waals surface area contributed by atoms with Crippen molar-refractivity contribution in [1.29, 1.82) is 0 Å². The Balaban J connectivity index is 1.24. The lowest BCUT2D eigenvalue weighted by atomic mass is 9.83. The third-order valence-corrected chi connectivity index (χ3v) is 10.4. The van der Waals surface area contributed by atoms with Gasteiger partial charge in [-0.15, -0.1) is 0 Å². The summed E-state index contributed by atoms with van der Waals surface area (Å²) in [4.78, 5) is 0. The maximum Gasteiger partial charge on any atom is -0.00199 e. The van der Waals surface area contributed by atoms with Crippen molar-refractivity contribution in [3.63, 3.8) is 0 Å². The summed E-state index contributed by atoms with van der Waals surface area (Å²) in [5.41, 5.74) is 9.97. The minimum Gasteiger partial charge on any atom is -0.0616 e. The molecular weight excluding hydrogens is 601 g/mol. The van der Waals surface area contributed by atoms with Crippen LogP contribution in [0.3, 0.4) is 0 Å². The molecule has 0 aliphatic rings. The van der Waals surface area contributed by atoms with E-state index in [9.17, 15) is 0 Å². The van der Waals surface area contributed by atoms with Crippen LogP contribution in [0.15, 0.2) is 194 Å². The number of hydrogen-bond donors (Lipinski definition) is 0. The Morgan fingerprint density at radius 3 is 1.20 bits per heavy atom. The molecule has 0 saturated heterocycles. The largest absolute Gasteiger partial charge is 0.0616 e. The SMILES string of the molecule is c1ccc2cc(-c3ccc(-c4ccc5c(-c6cccc7ccccc67)c6ccccc6c(-c6cccc7ccccc67)c5c4)cc3)ccc2c1. The molecule has 232 valence electrons. The van der Waals surface area contributed by atoms with E-state index in [4.69, 9.17) is 0 Å². The quantitative estimate of drug-likeness (QED) is 0.169. The Bertz CT molecular complexity index is 2900. The standard InChI is InChI=1S/C50H32/c1-2-14-38-31-39(28-27-33(38)11-1)34-23-25-35(26-24-34)40-29-30-47-48(32-40)50(44-22-10-16-37-13-4-6-18-42(37)44)46-20-8-7-19-45(46)49(47)43-21-9-15-36-12-3-5-17-41(36)43/h1-32H. The lowest BCUT2D eigenvalue weighted by Crippen LogP contribution is -1.93. The zero-order valence-electron chi connectivity index (χ0n) is 27.5. The highest BCUT2D eigenvalue weighted by Crippen LogP contribution is 2.47. The highest BCUT2D eigenvalue weighted by atomic mass is 14.2. The van der Waals surface area contributed by atoms with Crippen molar-refractivity contribution in [2.45, 2.75) is 0 Å². The first kappa shape index (κ1) is 28.5. The molecular formula is C50H32. The molecule has 0 aliphatic heterocycles. The summed E-state index contributed by atoms with van der Waals surface area (Å²) < 4.78 is 0. The summed E-state index contributed by atoms with van der Waals surface area (Å²) in [5.74, 6) is 0. The summed E-state index contributed by atoms with van der Waals surface area (Å²) in [6.45, 7) is 0. The van der Waals surface area contributed by atoms with Gasteiger partial charge in [-0.25, -0.2) is 0 Å². The van der Waals surface area contributed by atoms with Crippen LogP contribution in [0.25, 0.3) is 98.4 Å².